The summed E-state index contributed by atoms with van der Waals surface area (Å²) in [5, 5.41) is 0. The average molecular weight is 180 g/mol. The van der Waals surface area contributed by atoms with Crippen molar-refractivity contribution in [2.45, 2.75) is 40.7 Å². The number of imidazole rings is 1. The summed E-state index contributed by atoms with van der Waals surface area (Å²) in [6.07, 6.45) is 9.07. The Morgan fingerprint density at radius 3 is 2.62 bits per heavy atom. The smallest absolute Gasteiger partial charge is 0.132 e. The fourth-order valence-corrected chi connectivity index (χ4v) is 0.970. The quantitative estimate of drug-likeness (QED) is 0.697. The third-order valence-corrected chi connectivity index (χ3v) is 1.59. The highest BCUT2D eigenvalue weighted by atomic mass is 15.0. The van der Waals surface area contributed by atoms with Crippen molar-refractivity contribution < 1.29 is 0 Å². The molecule has 13 heavy (non-hydrogen) atoms. The van der Waals surface area contributed by atoms with Crippen LogP contribution in [-0.2, 0) is 6.54 Å². The van der Waals surface area contributed by atoms with Crippen molar-refractivity contribution in [3.05, 3.63) is 24.3 Å². The monoisotopic (exact) mass is 180 g/mol. The van der Waals surface area contributed by atoms with Crippen LogP contribution in [0.3, 0.4) is 0 Å². The van der Waals surface area contributed by atoms with Crippen molar-refractivity contribution in [1.82, 2.24) is 9.55 Å². The molecule has 2 heteroatoms. The van der Waals surface area contributed by atoms with Crippen LogP contribution < -0.4 is 0 Å². The van der Waals surface area contributed by atoms with Gasteiger partial charge in [-0.1, -0.05) is 26.8 Å². The van der Waals surface area contributed by atoms with E-state index >= 15 is 0 Å². The molecular formula is C11H20N2. The van der Waals surface area contributed by atoms with E-state index in [0.717, 1.165) is 18.8 Å². The van der Waals surface area contributed by atoms with Gasteiger partial charge in [-0.25, -0.2) is 4.98 Å². The summed E-state index contributed by atoms with van der Waals surface area (Å²) in [6, 6.07) is 0. The maximum atomic E-state index is 4.20. The van der Waals surface area contributed by atoms with Crippen molar-refractivity contribution in [2.24, 2.45) is 0 Å². The summed E-state index contributed by atoms with van der Waals surface area (Å²) in [4.78, 5) is 4.20. The van der Waals surface area contributed by atoms with Crippen molar-refractivity contribution in [3.63, 3.8) is 0 Å². The summed E-state index contributed by atoms with van der Waals surface area (Å²) in [5.41, 5.74) is 0. The van der Waals surface area contributed by atoms with E-state index in [1.165, 1.54) is 0 Å². The summed E-state index contributed by atoms with van der Waals surface area (Å²) in [7, 11) is 0. The zero-order valence-corrected chi connectivity index (χ0v) is 9.12. The Kier molecular flexibility index (Phi) is 6.98. The molecule has 0 spiro atoms. The molecule has 1 rings (SSSR count). The summed E-state index contributed by atoms with van der Waals surface area (Å²) in [6.45, 7) is 9.23. The lowest BCUT2D eigenvalue weighted by Crippen LogP contribution is -1.94. The lowest BCUT2D eigenvalue weighted by atomic mass is 10.4. The van der Waals surface area contributed by atoms with Crippen LogP contribution in [0.2, 0.25) is 0 Å². The molecule has 0 fully saturated rings. The molecule has 0 unspecified atom stereocenters. The van der Waals surface area contributed by atoms with E-state index in [-0.39, 0.29) is 0 Å². The lowest BCUT2D eigenvalue weighted by molar-refractivity contribution is 0.752. The first-order chi connectivity index (χ1) is 6.38. The molecule has 2 nitrogen and oxygen atoms in total. The summed E-state index contributed by atoms with van der Waals surface area (Å²) in [5.74, 6) is 1.05. The van der Waals surface area contributed by atoms with E-state index in [2.05, 4.69) is 35.6 Å². The van der Waals surface area contributed by atoms with Gasteiger partial charge >= 0.3 is 0 Å². The Balaban J connectivity index is 0.000000671. The molecule has 0 saturated carbocycles. The zero-order chi connectivity index (χ0) is 10.1. The highest BCUT2D eigenvalue weighted by Crippen LogP contribution is 2.00. The van der Waals surface area contributed by atoms with Crippen LogP contribution in [0.15, 0.2) is 18.5 Å². The molecule has 0 aliphatic rings. The summed E-state index contributed by atoms with van der Waals surface area (Å²) < 4.78 is 2.12. The summed E-state index contributed by atoms with van der Waals surface area (Å²) >= 11 is 0. The molecule has 0 N–H and O–H groups in total. The van der Waals surface area contributed by atoms with E-state index in [0.29, 0.717) is 0 Å². The van der Waals surface area contributed by atoms with Crippen LogP contribution in [-0.4, -0.2) is 9.55 Å². The number of nitrogens with zero attached hydrogens (tertiary/aromatic N) is 2. The van der Waals surface area contributed by atoms with Gasteiger partial charge in [-0.15, -0.1) is 0 Å². The second-order valence-electron chi connectivity index (χ2n) is 2.38. The molecule has 0 amide bonds. The van der Waals surface area contributed by atoms with E-state index < -0.39 is 0 Å². The van der Waals surface area contributed by atoms with Crippen LogP contribution in [0.1, 0.15) is 39.9 Å². The Hall–Kier alpha value is -1.05. The fraction of sp³-hybridized carbons (Fsp3) is 0.545. The van der Waals surface area contributed by atoms with Crippen LogP contribution >= 0.6 is 0 Å². The fourth-order valence-electron chi connectivity index (χ4n) is 0.970. The molecule has 0 bridgehead atoms. The van der Waals surface area contributed by atoms with Gasteiger partial charge in [0.05, 0.1) is 0 Å². The van der Waals surface area contributed by atoms with Gasteiger partial charge in [0.15, 0.2) is 0 Å². The molecule has 0 atom stereocenters. The average Bonchev–Trinajstić information content (AvgIpc) is 2.65. The minimum Gasteiger partial charge on any atom is -0.332 e. The lowest BCUT2D eigenvalue weighted by Gasteiger charge is -1.97. The Bertz CT molecular complexity index is 236. The molecule has 0 saturated heterocycles. The number of allylic oxidation sites excluding steroid dienone is 1. The number of hydrogen-bond donors (Lipinski definition) is 0. The minimum absolute atomic E-state index is 0.989. The van der Waals surface area contributed by atoms with E-state index in [9.17, 15) is 0 Å². The number of aryl methyl sites for hydroxylation is 1. The van der Waals surface area contributed by atoms with Gasteiger partial charge in [0.1, 0.15) is 5.82 Å². The predicted octanol–water partition coefficient (Wildman–Crippen LogP) is 3.35. The van der Waals surface area contributed by atoms with Gasteiger partial charge in [0, 0.05) is 18.9 Å². The Morgan fingerprint density at radius 2 is 2.08 bits per heavy atom. The van der Waals surface area contributed by atoms with Crippen molar-refractivity contribution >= 4 is 6.08 Å². The second-order valence-corrected chi connectivity index (χ2v) is 2.38. The highest BCUT2D eigenvalue weighted by molar-refractivity contribution is 5.39. The minimum atomic E-state index is 0.989. The van der Waals surface area contributed by atoms with Crippen LogP contribution in [0.5, 0.6) is 0 Å². The highest BCUT2D eigenvalue weighted by Gasteiger charge is 1.93. The van der Waals surface area contributed by atoms with Gasteiger partial charge in [-0.3, -0.25) is 0 Å². The van der Waals surface area contributed by atoms with E-state index in [1.54, 1.807) is 0 Å². The molecule has 1 aromatic rings. The third-order valence-electron chi connectivity index (χ3n) is 1.59. The first-order valence-corrected chi connectivity index (χ1v) is 5.06. The first kappa shape index (κ1) is 11.9. The van der Waals surface area contributed by atoms with Crippen molar-refractivity contribution in [3.8, 4) is 0 Å². The maximum absolute atomic E-state index is 4.20. The molecule has 1 heterocycles. The molecule has 0 aromatic carbocycles. The van der Waals surface area contributed by atoms with Gasteiger partial charge < -0.3 is 4.57 Å². The van der Waals surface area contributed by atoms with Gasteiger partial charge in [0.25, 0.3) is 0 Å². The topological polar surface area (TPSA) is 17.8 Å². The van der Waals surface area contributed by atoms with Crippen LogP contribution in [0.4, 0.5) is 0 Å². The molecule has 0 radical (unpaired) electrons. The molecule has 1 aromatic heterocycles. The Morgan fingerprint density at radius 1 is 1.38 bits per heavy atom. The first-order valence-electron chi connectivity index (χ1n) is 5.06. The number of aromatic nitrogens is 2. The van der Waals surface area contributed by atoms with Crippen LogP contribution in [0.25, 0.3) is 6.08 Å². The Labute approximate surface area is 81.3 Å². The molecule has 0 aliphatic carbocycles. The SMILES string of the molecule is CC.CC/C=C\c1nccn1CC. The predicted molar refractivity (Wildman–Crippen MR) is 58.6 cm³/mol. The van der Waals surface area contributed by atoms with Crippen LogP contribution in [0, 0.1) is 0 Å². The molecule has 0 aliphatic heterocycles. The van der Waals surface area contributed by atoms with Crippen molar-refractivity contribution in [1.29, 1.82) is 0 Å². The normalized spacial score (nSPS) is 9.85. The van der Waals surface area contributed by atoms with Gasteiger partial charge in [0.2, 0.25) is 0 Å². The van der Waals surface area contributed by atoms with E-state index in [4.69, 9.17) is 0 Å². The standard InChI is InChI=1S/C9H14N2.C2H6/c1-3-5-6-9-10-7-8-11(9)4-2;1-2/h5-8H,3-4H2,1-2H3;1-2H3/b6-5-;. The zero-order valence-electron chi connectivity index (χ0n) is 9.12. The number of rotatable bonds is 3. The number of hydrogen-bond acceptors (Lipinski definition) is 1. The largest absolute Gasteiger partial charge is 0.332 e. The third kappa shape index (κ3) is 3.92. The van der Waals surface area contributed by atoms with Gasteiger partial charge in [-0.05, 0) is 19.4 Å². The van der Waals surface area contributed by atoms with E-state index in [1.807, 2.05) is 26.2 Å². The maximum Gasteiger partial charge on any atom is 0.132 e. The van der Waals surface area contributed by atoms with Crippen molar-refractivity contribution in [2.75, 3.05) is 0 Å². The molecule has 74 valence electrons. The second kappa shape index (κ2) is 7.59. The van der Waals surface area contributed by atoms with Gasteiger partial charge in [-0.2, -0.15) is 0 Å². The molecular weight excluding hydrogens is 160 g/mol.